The summed E-state index contributed by atoms with van der Waals surface area (Å²) in [6.07, 6.45) is 1.61. The molecule has 0 atom stereocenters. The summed E-state index contributed by atoms with van der Waals surface area (Å²) in [6, 6.07) is 16.6. The van der Waals surface area contributed by atoms with E-state index in [0.29, 0.717) is 41.0 Å². The fourth-order valence-corrected chi connectivity index (χ4v) is 5.20. The Morgan fingerprint density at radius 3 is 2.33 bits per heavy atom. The molecule has 0 unspecified atom stereocenters. The van der Waals surface area contributed by atoms with Gasteiger partial charge in [0.2, 0.25) is 5.91 Å². The Kier molecular flexibility index (Phi) is 8.99. The van der Waals surface area contributed by atoms with E-state index in [1.54, 1.807) is 36.4 Å². The van der Waals surface area contributed by atoms with Gasteiger partial charge in [-0.15, -0.1) is 0 Å². The van der Waals surface area contributed by atoms with Crippen molar-refractivity contribution in [2.45, 2.75) is 34.3 Å². The van der Waals surface area contributed by atoms with Crippen molar-refractivity contribution in [2.24, 2.45) is 0 Å². The highest BCUT2D eigenvalue weighted by atomic mass is 35.5. The second-order valence-electron chi connectivity index (χ2n) is 9.14. The van der Waals surface area contributed by atoms with Crippen LogP contribution in [0, 0.1) is 20.8 Å². The van der Waals surface area contributed by atoms with Crippen LogP contribution in [0.25, 0.3) is 6.08 Å². The maximum Gasteiger partial charge on any atom is 0.294 e. The molecule has 9 heteroatoms. The molecule has 1 saturated heterocycles. The van der Waals surface area contributed by atoms with Crippen LogP contribution in [-0.4, -0.2) is 35.1 Å². The largest absolute Gasteiger partial charge is 0.490 e. The summed E-state index contributed by atoms with van der Waals surface area (Å²) in [7, 11) is 0. The van der Waals surface area contributed by atoms with Crippen molar-refractivity contribution in [3.05, 3.63) is 92.3 Å². The molecule has 3 aromatic carbocycles. The molecular formula is C30H29ClN2O5S. The smallest absolute Gasteiger partial charge is 0.294 e. The van der Waals surface area contributed by atoms with Crippen molar-refractivity contribution >= 4 is 52.2 Å². The molecule has 7 nitrogen and oxygen atoms in total. The normalized spacial score (nSPS) is 14.2. The van der Waals surface area contributed by atoms with Gasteiger partial charge in [0.25, 0.3) is 11.1 Å². The van der Waals surface area contributed by atoms with Crippen LogP contribution in [-0.2, 0) is 16.2 Å². The molecule has 0 radical (unpaired) electrons. The van der Waals surface area contributed by atoms with E-state index in [4.69, 9.17) is 21.1 Å². The molecule has 1 heterocycles. The number of nitrogens with zero attached hydrogens (tertiary/aromatic N) is 1. The first-order chi connectivity index (χ1) is 18.6. The number of hydrogen-bond acceptors (Lipinski definition) is 6. The third-order valence-corrected chi connectivity index (χ3v) is 7.15. The second kappa shape index (κ2) is 12.4. The van der Waals surface area contributed by atoms with Gasteiger partial charge < -0.3 is 14.8 Å². The van der Waals surface area contributed by atoms with Crippen molar-refractivity contribution in [1.82, 2.24) is 4.90 Å². The van der Waals surface area contributed by atoms with Crippen molar-refractivity contribution in [3.63, 3.8) is 0 Å². The molecule has 0 aliphatic carbocycles. The van der Waals surface area contributed by atoms with Gasteiger partial charge >= 0.3 is 0 Å². The number of nitrogens with one attached hydrogen (secondary N) is 1. The number of imide groups is 1. The number of anilines is 1. The summed E-state index contributed by atoms with van der Waals surface area (Å²) in [5.41, 5.74) is 5.23. The van der Waals surface area contributed by atoms with Gasteiger partial charge in [0.15, 0.2) is 11.5 Å². The molecule has 1 fully saturated rings. The number of aryl methyl sites for hydroxylation is 3. The van der Waals surface area contributed by atoms with Gasteiger partial charge in [0.05, 0.1) is 11.5 Å². The predicted molar refractivity (Wildman–Crippen MR) is 155 cm³/mol. The number of ether oxygens (including phenoxy) is 2. The average molecular weight is 565 g/mol. The van der Waals surface area contributed by atoms with Gasteiger partial charge in [-0.2, -0.15) is 0 Å². The van der Waals surface area contributed by atoms with E-state index in [9.17, 15) is 14.4 Å². The number of thioether (sulfide) groups is 1. The van der Waals surface area contributed by atoms with Crippen molar-refractivity contribution < 1.29 is 23.9 Å². The number of rotatable bonds is 9. The molecule has 1 N–H and O–H groups in total. The molecule has 0 aromatic heterocycles. The molecule has 39 heavy (non-hydrogen) atoms. The van der Waals surface area contributed by atoms with Crippen molar-refractivity contribution in [1.29, 1.82) is 0 Å². The van der Waals surface area contributed by atoms with Crippen LogP contribution in [0.2, 0.25) is 5.02 Å². The lowest BCUT2D eigenvalue weighted by Gasteiger charge is -2.16. The zero-order chi connectivity index (χ0) is 28.1. The van der Waals surface area contributed by atoms with E-state index in [2.05, 4.69) is 5.32 Å². The fraction of sp³-hybridized carbons (Fsp3) is 0.233. The topological polar surface area (TPSA) is 84.9 Å². The molecule has 3 amide bonds. The third kappa shape index (κ3) is 7.02. The number of carbonyl (C=O) groups is 3. The number of halogens is 1. The molecule has 0 bridgehead atoms. The summed E-state index contributed by atoms with van der Waals surface area (Å²) in [6.45, 7) is 8.05. The first-order valence-electron chi connectivity index (χ1n) is 12.4. The molecule has 1 aliphatic rings. The highest BCUT2D eigenvalue weighted by Crippen LogP contribution is 2.35. The number of benzene rings is 3. The highest BCUT2D eigenvalue weighted by Gasteiger charge is 2.36. The molecule has 1 aliphatic heterocycles. The predicted octanol–water partition coefficient (Wildman–Crippen LogP) is 6.92. The van der Waals surface area contributed by atoms with E-state index >= 15 is 0 Å². The monoisotopic (exact) mass is 564 g/mol. The maximum atomic E-state index is 13.0. The van der Waals surface area contributed by atoms with Gasteiger partial charge in [-0.05, 0) is 92.1 Å². The minimum Gasteiger partial charge on any atom is -0.490 e. The molecule has 3 aromatic rings. The Balaban J connectivity index is 1.45. The lowest BCUT2D eigenvalue weighted by Crippen LogP contribution is -2.36. The standard InChI is InChI=1S/C30H29ClN2O5S/c1-5-37-25-14-22(8-11-24(25)38-17-21-6-9-23(31)10-7-21)15-26-29(35)33(30(36)39-26)16-27(34)32-28-19(3)12-18(2)13-20(28)4/h6-15H,5,16-17H2,1-4H3,(H,32,34)/b26-15+. The Hall–Kier alpha value is -3.75. The zero-order valence-electron chi connectivity index (χ0n) is 22.2. The first-order valence-corrected chi connectivity index (χ1v) is 13.6. The number of carbonyl (C=O) groups excluding carboxylic acids is 3. The number of hydrogen-bond donors (Lipinski definition) is 1. The van der Waals surface area contributed by atoms with Crippen LogP contribution >= 0.6 is 23.4 Å². The highest BCUT2D eigenvalue weighted by molar-refractivity contribution is 8.18. The zero-order valence-corrected chi connectivity index (χ0v) is 23.7. The summed E-state index contributed by atoms with van der Waals surface area (Å²) in [5.74, 6) is 0.117. The van der Waals surface area contributed by atoms with Gasteiger partial charge in [-0.25, -0.2) is 0 Å². The minimum atomic E-state index is -0.515. The van der Waals surface area contributed by atoms with Crippen molar-refractivity contribution in [3.8, 4) is 11.5 Å². The summed E-state index contributed by atoms with van der Waals surface area (Å²) in [4.78, 5) is 39.5. The summed E-state index contributed by atoms with van der Waals surface area (Å²) >= 11 is 6.75. The van der Waals surface area contributed by atoms with Crippen LogP contribution in [0.4, 0.5) is 10.5 Å². The van der Waals surface area contributed by atoms with Crippen LogP contribution in [0.5, 0.6) is 11.5 Å². The van der Waals surface area contributed by atoms with Crippen molar-refractivity contribution in [2.75, 3.05) is 18.5 Å². The first kappa shape index (κ1) is 28.3. The Bertz CT molecular complexity index is 1430. The Labute approximate surface area is 237 Å². The number of amides is 3. The second-order valence-corrected chi connectivity index (χ2v) is 10.6. The van der Waals surface area contributed by atoms with Crippen LogP contribution in [0.15, 0.2) is 59.5 Å². The molecule has 0 spiro atoms. The van der Waals surface area contributed by atoms with Gasteiger partial charge in [0.1, 0.15) is 13.2 Å². The van der Waals surface area contributed by atoms with E-state index in [1.807, 2.05) is 52.0 Å². The molecule has 4 rings (SSSR count). The van der Waals surface area contributed by atoms with Crippen LogP contribution < -0.4 is 14.8 Å². The fourth-order valence-electron chi connectivity index (χ4n) is 4.23. The van der Waals surface area contributed by atoms with Crippen LogP contribution in [0.3, 0.4) is 0 Å². The van der Waals surface area contributed by atoms with E-state index in [0.717, 1.165) is 38.9 Å². The van der Waals surface area contributed by atoms with E-state index in [1.165, 1.54) is 0 Å². The van der Waals surface area contributed by atoms with Gasteiger partial charge in [-0.1, -0.05) is 47.5 Å². The summed E-state index contributed by atoms with van der Waals surface area (Å²) < 4.78 is 11.7. The Morgan fingerprint density at radius 1 is 0.974 bits per heavy atom. The third-order valence-electron chi connectivity index (χ3n) is 5.99. The SMILES string of the molecule is CCOc1cc(/C=C2/SC(=O)N(CC(=O)Nc3c(C)cc(C)cc3C)C2=O)ccc1OCc1ccc(Cl)cc1. The molecular weight excluding hydrogens is 536 g/mol. The van der Waals surface area contributed by atoms with Gasteiger partial charge in [0, 0.05) is 10.7 Å². The maximum absolute atomic E-state index is 13.0. The molecule has 202 valence electrons. The van der Waals surface area contributed by atoms with E-state index < -0.39 is 17.1 Å². The lowest BCUT2D eigenvalue weighted by atomic mass is 10.1. The molecule has 0 saturated carbocycles. The minimum absolute atomic E-state index is 0.229. The van der Waals surface area contributed by atoms with Crippen LogP contribution in [0.1, 0.15) is 34.7 Å². The lowest BCUT2D eigenvalue weighted by molar-refractivity contribution is -0.127. The Morgan fingerprint density at radius 2 is 1.67 bits per heavy atom. The average Bonchev–Trinajstić information content (AvgIpc) is 3.14. The van der Waals surface area contributed by atoms with Gasteiger partial charge in [-0.3, -0.25) is 19.3 Å². The summed E-state index contributed by atoms with van der Waals surface area (Å²) in [5, 5.41) is 3.00. The quantitative estimate of drug-likeness (QED) is 0.284. The van der Waals surface area contributed by atoms with E-state index in [-0.39, 0.29) is 11.4 Å².